The van der Waals surface area contributed by atoms with E-state index in [4.69, 9.17) is 10.5 Å². The zero-order valence-corrected chi connectivity index (χ0v) is 18.5. The topological polar surface area (TPSA) is 140 Å². The molecule has 4 atom stereocenters. The van der Waals surface area contributed by atoms with Crippen LogP contribution < -0.4 is 16.4 Å². The number of amides is 3. The summed E-state index contributed by atoms with van der Waals surface area (Å²) in [6.07, 6.45) is -0.362. The minimum atomic E-state index is -3.03. The van der Waals surface area contributed by atoms with E-state index in [0.29, 0.717) is 0 Å². The number of Topliss-reactive ketones (excluding diaryl/α,β-unsaturated/α-hetero) is 1. The molecule has 1 fully saturated rings. The Hall–Kier alpha value is -2.92. The maximum Gasteiger partial charge on any atom is 0.345 e. The Labute approximate surface area is 190 Å². The number of nitrogens with two attached hydrogens (primary N) is 1. The van der Waals surface area contributed by atoms with Crippen LogP contribution in [0, 0.1) is 5.92 Å². The summed E-state index contributed by atoms with van der Waals surface area (Å²) in [6, 6.07) is 6.86. The van der Waals surface area contributed by atoms with E-state index in [1.54, 1.807) is 31.2 Å². The Morgan fingerprint density at radius 3 is 2.33 bits per heavy atom. The van der Waals surface area contributed by atoms with E-state index in [0.717, 1.165) is 5.56 Å². The van der Waals surface area contributed by atoms with Gasteiger partial charge >= 0.3 is 6.61 Å². The highest BCUT2D eigenvalue weighted by molar-refractivity contribution is 5.98. The van der Waals surface area contributed by atoms with Gasteiger partial charge in [0.2, 0.25) is 17.7 Å². The number of hydrogen-bond donors (Lipinski definition) is 3. The first-order chi connectivity index (χ1) is 15.5. The minimum absolute atomic E-state index is 0.136. The number of epoxide rings is 1. The van der Waals surface area contributed by atoms with Gasteiger partial charge in [0.15, 0.2) is 5.78 Å². The van der Waals surface area contributed by atoms with Crippen LogP contribution in [0.2, 0.25) is 0 Å². The Balaban J connectivity index is 2.13. The molecule has 2 rings (SSSR count). The second kappa shape index (κ2) is 11.8. The molecule has 0 aliphatic carbocycles. The SMILES string of the molecule is C[C@@H](C[C@H](NC(=O)CCOC(F)F)C(=O)N[C@@H](Cc1ccccc1)C(=O)[C@@]1(C)CO1)C(N)=O. The molecule has 0 unspecified atom stereocenters. The maximum absolute atomic E-state index is 13.0. The van der Waals surface area contributed by atoms with Crippen LogP contribution in [0.15, 0.2) is 30.3 Å². The molecule has 4 N–H and O–H groups in total. The Bertz CT molecular complexity index is 848. The van der Waals surface area contributed by atoms with Crippen LogP contribution in [-0.4, -0.2) is 61.0 Å². The van der Waals surface area contributed by atoms with E-state index in [-0.39, 0.29) is 25.2 Å². The van der Waals surface area contributed by atoms with Gasteiger partial charge in [-0.05, 0) is 25.3 Å². The van der Waals surface area contributed by atoms with Gasteiger partial charge in [0, 0.05) is 5.92 Å². The summed E-state index contributed by atoms with van der Waals surface area (Å²) in [6.45, 7) is -0.232. The molecule has 0 saturated carbocycles. The fourth-order valence-electron chi connectivity index (χ4n) is 3.16. The lowest BCUT2D eigenvalue weighted by Gasteiger charge is -2.25. The fourth-order valence-corrected chi connectivity index (χ4v) is 3.16. The third-order valence-electron chi connectivity index (χ3n) is 5.31. The molecule has 0 aromatic heterocycles. The molecule has 1 aromatic rings. The van der Waals surface area contributed by atoms with E-state index in [1.165, 1.54) is 6.92 Å². The van der Waals surface area contributed by atoms with Gasteiger partial charge in [0.1, 0.15) is 11.6 Å². The number of ketones is 1. The van der Waals surface area contributed by atoms with Crippen LogP contribution in [0.3, 0.4) is 0 Å². The number of nitrogens with one attached hydrogen (secondary N) is 2. The van der Waals surface area contributed by atoms with Gasteiger partial charge in [0.25, 0.3) is 0 Å². The molecule has 9 nitrogen and oxygen atoms in total. The molecule has 3 amide bonds. The first-order valence-corrected chi connectivity index (χ1v) is 10.5. The summed E-state index contributed by atoms with van der Waals surface area (Å²) >= 11 is 0. The predicted octanol–water partition coefficient (Wildman–Crippen LogP) is 0.698. The molecule has 0 spiro atoms. The lowest BCUT2D eigenvalue weighted by atomic mass is 9.94. The second-order valence-corrected chi connectivity index (χ2v) is 8.18. The molecule has 1 aliphatic heterocycles. The summed E-state index contributed by atoms with van der Waals surface area (Å²) in [5, 5.41) is 5.06. The highest BCUT2D eigenvalue weighted by Gasteiger charge is 2.50. The predicted molar refractivity (Wildman–Crippen MR) is 113 cm³/mol. The van der Waals surface area contributed by atoms with Crippen molar-refractivity contribution in [3.63, 3.8) is 0 Å². The van der Waals surface area contributed by atoms with Crippen molar-refractivity contribution in [2.45, 2.75) is 57.4 Å². The molecule has 0 bridgehead atoms. The standard InChI is InChI=1S/C22H29F2N3O6/c1-13(19(25)30)10-16(26-17(28)8-9-32-21(23)24)20(31)27-15(18(29)22(2)12-33-22)11-14-6-4-3-5-7-14/h3-7,13,15-16,21H,8-12H2,1-2H3,(H2,25,30)(H,26,28)(H,27,31)/t13-,15-,16-,22+/m0/s1. The van der Waals surface area contributed by atoms with Gasteiger partial charge < -0.3 is 25.8 Å². The Morgan fingerprint density at radius 1 is 1.15 bits per heavy atom. The van der Waals surface area contributed by atoms with E-state index < -0.39 is 61.0 Å². The van der Waals surface area contributed by atoms with Crippen molar-refractivity contribution in [3.8, 4) is 0 Å². The van der Waals surface area contributed by atoms with Crippen LogP contribution in [0.4, 0.5) is 8.78 Å². The third kappa shape index (κ3) is 8.50. The van der Waals surface area contributed by atoms with Gasteiger partial charge in [0.05, 0.1) is 25.7 Å². The molecule has 11 heteroatoms. The summed E-state index contributed by atoms with van der Waals surface area (Å²) in [7, 11) is 0. The molecule has 1 saturated heterocycles. The largest absolute Gasteiger partial charge is 0.369 e. The van der Waals surface area contributed by atoms with E-state index in [2.05, 4.69) is 15.4 Å². The number of benzene rings is 1. The lowest BCUT2D eigenvalue weighted by molar-refractivity contribution is -0.141. The summed E-state index contributed by atoms with van der Waals surface area (Å²) in [5.74, 6) is -3.21. The summed E-state index contributed by atoms with van der Waals surface area (Å²) < 4.78 is 33.5. The van der Waals surface area contributed by atoms with Crippen LogP contribution in [0.1, 0.15) is 32.3 Å². The van der Waals surface area contributed by atoms with Crippen molar-refractivity contribution in [2.75, 3.05) is 13.2 Å². The van der Waals surface area contributed by atoms with Gasteiger partial charge in [-0.2, -0.15) is 8.78 Å². The zero-order valence-electron chi connectivity index (χ0n) is 18.5. The molecule has 1 aliphatic rings. The number of alkyl halides is 2. The smallest absolute Gasteiger partial charge is 0.345 e. The fraction of sp³-hybridized carbons (Fsp3) is 0.545. The number of primary amides is 1. The Morgan fingerprint density at radius 2 is 1.79 bits per heavy atom. The van der Waals surface area contributed by atoms with E-state index in [1.807, 2.05) is 6.07 Å². The zero-order chi connectivity index (χ0) is 24.6. The molecule has 0 radical (unpaired) electrons. The van der Waals surface area contributed by atoms with Crippen molar-refractivity contribution >= 4 is 23.5 Å². The van der Waals surface area contributed by atoms with Gasteiger partial charge in [-0.15, -0.1) is 0 Å². The first-order valence-electron chi connectivity index (χ1n) is 10.5. The average Bonchev–Trinajstić information content (AvgIpc) is 3.51. The number of carbonyl (C=O) groups is 4. The molecule has 1 aromatic carbocycles. The molecule has 33 heavy (non-hydrogen) atoms. The quantitative estimate of drug-likeness (QED) is 0.343. The van der Waals surface area contributed by atoms with Crippen LogP contribution in [-0.2, 0) is 35.1 Å². The summed E-state index contributed by atoms with van der Waals surface area (Å²) in [4.78, 5) is 49.7. The van der Waals surface area contributed by atoms with Crippen molar-refractivity contribution < 1.29 is 37.4 Å². The lowest BCUT2D eigenvalue weighted by Crippen LogP contribution is -2.55. The Kier molecular flexibility index (Phi) is 9.42. The average molecular weight is 469 g/mol. The number of carbonyl (C=O) groups excluding carboxylic acids is 4. The highest BCUT2D eigenvalue weighted by atomic mass is 19.3. The number of halogens is 2. The van der Waals surface area contributed by atoms with Gasteiger partial charge in [-0.25, -0.2) is 0 Å². The minimum Gasteiger partial charge on any atom is -0.369 e. The normalized spacial score (nSPS) is 19.9. The van der Waals surface area contributed by atoms with Crippen LogP contribution >= 0.6 is 0 Å². The third-order valence-corrected chi connectivity index (χ3v) is 5.31. The van der Waals surface area contributed by atoms with Crippen molar-refractivity contribution in [2.24, 2.45) is 11.7 Å². The van der Waals surface area contributed by atoms with Gasteiger partial charge in [-0.3, -0.25) is 19.2 Å². The van der Waals surface area contributed by atoms with Gasteiger partial charge in [-0.1, -0.05) is 37.3 Å². The van der Waals surface area contributed by atoms with Crippen molar-refractivity contribution in [3.05, 3.63) is 35.9 Å². The molecule has 1 heterocycles. The molecule has 182 valence electrons. The number of hydrogen-bond acceptors (Lipinski definition) is 6. The maximum atomic E-state index is 13.0. The molecular weight excluding hydrogens is 440 g/mol. The number of ether oxygens (including phenoxy) is 2. The second-order valence-electron chi connectivity index (χ2n) is 8.18. The van der Waals surface area contributed by atoms with Crippen LogP contribution in [0.25, 0.3) is 0 Å². The first kappa shape index (κ1) is 26.3. The van der Waals surface area contributed by atoms with Crippen LogP contribution in [0.5, 0.6) is 0 Å². The van der Waals surface area contributed by atoms with E-state index >= 15 is 0 Å². The number of rotatable bonds is 14. The highest BCUT2D eigenvalue weighted by Crippen LogP contribution is 2.29. The van der Waals surface area contributed by atoms with E-state index in [9.17, 15) is 28.0 Å². The monoisotopic (exact) mass is 469 g/mol. The van der Waals surface area contributed by atoms with Crippen molar-refractivity contribution in [1.82, 2.24) is 10.6 Å². The molecular formula is C22H29F2N3O6. The summed E-state index contributed by atoms with van der Waals surface area (Å²) in [5.41, 5.74) is 5.09. The van der Waals surface area contributed by atoms with Crippen molar-refractivity contribution in [1.29, 1.82) is 0 Å².